The van der Waals surface area contributed by atoms with E-state index in [1.807, 2.05) is 37.3 Å². The topological polar surface area (TPSA) is 46.2 Å². The molecule has 0 aliphatic heterocycles. The maximum Gasteiger partial charge on any atom is 0.0938 e. The summed E-state index contributed by atoms with van der Waals surface area (Å²) >= 11 is 0. The molecule has 2 nitrogen and oxygen atoms in total. The zero-order chi connectivity index (χ0) is 13.4. The SMILES string of the molecule is CC(N)C(O)c1ccc2ccc3ccccc3c2c1. The van der Waals surface area contributed by atoms with Crippen LogP contribution in [0.25, 0.3) is 21.5 Å². The first-order valence-electron chi connectivity index (χ1n) is 6.52. The first-order valence-corrected chi connectivity index (χ1v) is 6.52. The molecule has 2 atom stereocenters. The van der Waals surface area contributed by atoms with Gasteiger partial charge in [-0.1, -0.05) is 48.5 Å². The number of hydrogen-bond donors (Lipinski definition) is 2. The number of fused-ring (bicyclic) bond motifs is 3. The quantitative estimate of drug-likeness (QED) is 0.686. The Morgan fingerprint density at radius 2 is 1.53 bits per heavy atom. The summed E-state index contributed by atoms with van der Waals surface area (Å²) in [6, 6.07) is 18.3. The molecule has 3 aromatic rings. The number of rotatable bonds is 2. The van der Waals surface area contributed by atoms with Crippen LogP contribution in [-0.2, 0) is 0 Å². The van der Waals surface area contributed by atoms with E-state index in [-0.39, 0.29) is 6.04 Å². The van der Waals surface area contributed by atoms with Crippen LogP contribution in [0.15, 0.2) is 54.6 Å². The lowest BCUT2D eigenvalue weighted by Gasteiger charge is -2.16. The Balaban J connectivity index is 2.28. The zero-order valence-electron chi connectivity index (χ0n) is 10.9. The molecule has 96 valence electrons. The lowest BCUT2D eigenvalue weighted by molar-refractivity contribution is 0.153. The van der Waals surface area contributed by atoms with E-state index in [0.29, 0.717) is 0 Å². The molecule has 0 fully saturated rings. The monoisotopic (exact) mass is 251 g/mol. The van der Waals surface area contributed by atoms with Crippen LogP contribution in [0, 0.1) is 0 Å². The second-order valence-corrected chi connectivity index (χ2v) is 5.07. The average molecular weight is 251 g/mol. The molecule has 0 radical (unpaired) electrons. The lowest BCUT2D eigenvalue weighted by Crippen LogP contribution is -2.24. The third-order valence-corrected chi connectivity index (χ3v) is 3.61. The Labute approximate surface area is 112 Å². The van der Waals surface area contributed by atoms with E-state index in [9.17, 15) is 5.11 Å². The molecule has 0 aliphatic carbocycles. The predicted molar refractivity (Wildman–Crippen MR) is 80.1 cm³/mol. The molecule has 3 aromatic carbocycles. The Kier molecular flexibility index (Phi) is 2.97. The van der Waals surface area contributed by atoms with Gasteiger partial charge in [0.15, 0.2) is 0 Å². The third kappa shape index (κ3) is 2.09. The molecule has 0 saturated heterocycles. The molecule has 0 aliphatic rings. The van der Waals surface area contributed by atoms with Gasteiger partial charge in [0.05, 0.1) is 6.10 Å². The molecule has 0 aromatic heterocycles. The normalized spacial score (nSPS) is 14.7. The van der Waals surface area contributed by atoms with Crippen LogP contribution in [0.3, 0.4) is 0 Å². The van der Waals surface area contributed by atoms with Crippen LogP contribution in [-0.4, -0.2) is 11.1 Å². The number of aliphatic hydroxyl groups excluding tert-OH is 1. The van der Waals surface area contributed by atoms with Gasteiger partial charge in [0.2, 0.25) is 0 Å². The van der Waals surface area contributed by atoms with Crippen LogP contribution >= 0.6 is 0 Å². The first kappa shape index (κ1) is 12.2. The molecule has 0 amide bonds. The standard InChI is InChI=1S/C17H17NO/c1-11(18)17(19)14-9-8-13-7-6-12-4-2-3-5-15(12)16(13)10-14/h2-11,17,19H,18H2,1H3. The van der Waals surface area contributed by atoms with Gasteiger partial charge in [0, 0.05) is 6.04 Å². The van der Waals surface area contributed by atoms with E-state index in [2.05, 4.69) is 24.3 Å². The van der Waals surface area contributed by atoms with E-state index in [0.717, 1.165) is 10.9 Å². The van der Waals surface area contributed by atoms with E-state index >= 15 is 0 Å². The summed E-state index contributed by atoms with van der Waals surface area (Å²) in [7, 11) is 0. The highest BCUT2D eigenvalue weighted by Crippen LogP contribution is 2.28. The van der Waals surface area contributed by atoms with Gasteiger partial charge in [-0.3, -0.25) is 0 Å². The predicted octanol–water partition coefficient (Wildman–Crippen LogP) is 3.37. The number of nitrogens with two attached hydrogens (primary N) is 1. The molecule has 0 spiro atoms. The summed E-state index contributed by atoms with van der Waals surface area (Å²) < 4.78 is 0. The number of benzene rings is 3. The summed E-state index contributed by atoms with van der Waals surface area (Å²) in [5.74, 6) is 0. The molecule has 0 saturated carbocycles. The van der Waals surface area contributed by atoms with Crippen LogP contribution in [0.5, 0.6) is 0 Å². The summed E-state index contributed by atoms with van der Waals surface area (Å²) in [5.41, 5.74) is 6.65. The van der Waals surface area contributed by atoms with Crippen molar-refractivity contribution in [3.63, 3.8) is 0 Å². The highest BCUT2D eigenvalue weighted by Gasteiger charge is 2.13. The van der Waals surface area contributed by atoms with E-state index in [1.165, 1.54) is 16.2 Å². The van der Waals surface area contributed by atoms with Gasteiger partial charge in [0.1, 0.15) is 0 Å². The van der Waals surface area contributed by atoms with Crippen molar-refractivity contribution in [1.82, 2.24) is 0 Å². The largest absolute Gasteiger partial charge is 0.387 e. The van der Waals surface area contributed by atoms with E-state index in [4.69, 9.17) is 5.73 Å². The third-order valence-electron chi connectivity index (χ3n) is 3.61. The van der Waals surface area contributed by atoms with Crippen LogP contribution in [0.4, 0.5) is 0 Å². The summed E-state index contributed by atoms with van der Waals surface area (Å²) in [6.45, 7) is 1.82. The molecule has 2 heteroatoms. The fourth-order valence-electron chi connectivity index (χ4n) is 2.51. The van der Waals surface area contributed by atoms with Gasteiger partial charge in [-0.15, -0.1) is 0 Å². The fourth-order valence-corrected chi connectivity index (χ4v) is 2.51. The van der Waals surface area contributed by atoms with Crippen LogP contribution < -0.4 is 5.73 Å². The smallest absolute Gasteiger partial charge is 0.0938 e. The molecule has 19 heavy (non-hydrogen) atoms. The van der Waals surface area contributed by atoms with Crippen LogP contribution in [0.2, 0.25) is 0 Å². The Morgan fingerprint density at radius 3 is 2.26 bits per heavy atom. The van der Waals surface area contributed by atoms with Gasteiger partial charge in [-0.25, -0.2) is 0 Å². The van der Waals surface area contributed by atoms with Crippen molar-refractivity contribution in [2.24, 2.45) is 5.73 Å². The van der Waals surface area contributed by atoms with Gasteiger partial charge in [0.25, 0.3) is 0 Å². The van der Waals surface area contributed by atoms with Gasteiger partial charge < -0.3 is 10.8 Å². The Hall–Kier alpha value is -1.90. The molecule has 0 heterocycles. The summed E-state index contributed by atoms with van der Waals surface area (Å²) in [4.78, 5) is 0. The maximum atomic E-state index is 10.1. The first-order chi connectivity index (χ1) is 9.16. The van der Waals surface area contributed by atoms with Crippen molar-refractivity contribution in [3.8, 4) is 0 Å². The van der Waals surface area contributed by atoms with Crippen molar-refractivity contribution in [3.05, 3.63) is 60.2 Å². The van der Waals surface area contributed by atoms with Crippen molar-refractivity contribution in [2.45, 2.75) is 19.1 Å². The number of hydrogen-bond acceptors (Lipinski definition) is 2. The maximum absolute atomic E-state index is 10.1. The Morgan fingerprint density at radius 1 is 0.895 bits per heavy atom. The van der Waals surface area contributed by atoms with Crippen LogP contribution in [0.1, 0.15) is 18.6 Å². The minimum absolute atomic E-state index is 0.271. The van der Waals surface area contributed by atoms with Gasteiger partial charge in [-0.05, 0) is 40.1 Å². The summed E-state index contributed by atoms with van der Waals surface area (Å²) in [5, 5.41) is 14.9. The second-order valence-electron chi connectivity index (χ2n) is 5.07. The van der Waals surface area contributed by atoms with E-state index in [1.54, 1.807) is 0 Å². The minimum atomic E-state index is -0.622. The van der Waals surface area contributed by atoms with Gasteiger partial charge in [-0.2, -0.15) is 0 Å². The number of aliphatic hydroxyl groups is 1. The van der Waals surface area contributed by atoms with E-state index < -0.39 is 6.10 Å². The highest BCUT2D eigenvalue weighted by molar-refractivity contribution is 6.07. The van der Waals surface area contributed by atoms with Crippen molar-refractivity contribution in [2.75, 3.05) is 0 Å². The minimum Gasteiger partial charge on any atom is -0.387 e. The average Bonchev–Trinajstić information content (AvgIpc) is 2.45. The van der Waals surface area contributed by atoms with Crippen molar-refractivity contribution in [1.29, 1.82) is 0 Å². The Bertz CT molecular complexity index is 733. The highest BCUT2D eigenvalue weighted by atomic mass is 16.3. The fraction of sp³-hybridized carbons (Fsp3) is 0.176. The second kappa shape index (κ2) is 4.65. The van der Waals surface area contributed by atoms with Crippen molar-refractivity contribution < 1.29 is 5.11 Å². The lowest BCUT2D eigenvalue weighted by atomic mass is 9.96. The molecule has 3 rings (SSSR count). The molecule has 2 unspecified atom stereocenters. The zero-order valence-corrected chi connectivity index (χ0v) is 10.9. The molecule has 3 N–H and O–H groups in total. The molecule has 0 bridgehead atoms. The molecular formula is C17H17NO. The van der Waals surface area contributed by atoms with Gasteiger partial charge >= 0.3 is 0 Å². The van der Waals surface area contributed by atoms with Crippen molar-refractivity contribution >= 4 is 21.5 Å². The summed E-state index contributed by atoms with van der Waals surface area (Å²) in [6.07, 6.45) is -0.622. The molecular weight excluding hydrogens is 234 g/mol.